The second kappa shape index (κ2) is 8.59. The van der Waals surface area contributed by atoms with E-state index in [1.807, 2.05) is 0 Å². The summed E-state index contributed by atoms with van der Waals surface area (Å²) in [5, 5.41) is 0.0164. The zero-order valence-corrected chi connectivity index (χ0v) is 18.3. The van der Waals surface area contributed by atoms with Gasteiger partial charge in [0, 0.05) is 29.2 Å². The summed E-state index contributed by atoms with van der Waals surface area (Å²) >= 11 is 3.71. The zero-order valence-electron chi connectivity index (χ0n) is 15.1. The summed E-state index contributed by atoms with van der Waals surface area (Å²) in [6.45, 7) is -0.223. The first kappa shape index (κ1) is 21.4. The van der Waals surface area contributed by atoms with Crippen molar-refractivity contribution in [1.29, 1.82) is 0 Å². The average Bonchev–Trinajstić information content (AvgIpc) is 3.22. The van der Waals surface area contributed by atoms with Gasteiger partial charge in [0.25, 0.3) is 10.0 Å². The van der Waals surface area contributed by atoms with Crippen LogP contribution in [0.15, 0.2) is 46.0 Å². The van der Waals surface area contributed by atoms with Gasteiger partial charge in [-0.05, 0) is 34.1 Å². The lowest BCUT2D eigenvalue weighted by atomic mass is 10.2. The Bertz CT molecular complexity index is 1130. The minimum absolute atomic E-state index is 0.0164. The van der Waals surface area contributed by atoms with Crippen LogP contribution in [0.2, 0.25) is 0 Å². The minimum atomic E-state index is -4.45. The van der Waals surface area contributed by atoms with E-state index in [9.17, 15) is 17.2 Å². The van der Waals surface area contributed by atoms with Gasteiger partial charge in [-0.25, -0.2) is 26.5 Å². The van der Waals surface area contributed by atoms with E-state index in [0.29, 0.717) is 23.1 Å². The molecule has 1 heterocycles. The van der Waals surface area contributed by atoms with Crippen molar-refractivity contribution in [3.05, 3.63) is 58.3 Å². The SMILES string of the molecule is COc1ccc(CN(c2ncns2)S(=O)(=O)c2cc(Br)c(F)cc2F)c(OC)c1. The highest BCUT2D eigenvalue weighted by atomic mass is 79.9. The number of methoxy groups -OCH3 is 2. The Kier molecular flexibility index (Phi) is 6.34. The van der Waals surface area contributed by atoms with Crippen LogP contribution in [0.25, 0.3) is 0 Å². The summed E-state index contributed by atoms with van der Waals surface area (Å²) in [7, 11) is -1.53. The van der Waals surface area contributed by atoms with Crippen LogP contribution in [-0.2, 0) is 16.6 Å². The number of nitrogens with zero attached hydrogens (tertiary/aromatic N) is 3. The fraction of sp³-hybridized carbons (Fsp3) is 0.176. The first-order valence-electron chi connectivity index (χ1n) is 7.92. The maximum absolute atomic E-state index is 14.4. The van der Waals surface area contributed by atoms with Crippen molar-refractivity contribution in [1.82, 2.24) is 9.36 Å². The third-order valence-corrected chi connectivity index (χ3v) is 7.08. The Morgan fingerprint density at radius 2 is 1.90 bits per heavy atom. The number of aromatic nitrogens is 2. The predicted molar refractivity (Wildman–Crippen MR) is 107 cm³/mol. The highest BCUT2D eigenvalue weighted by Gasteiger charge is 2.32. The van der Waals surface area contributed by atoms with Crippen molar-refractivity contribution < 1.29 is 26.7 Å². The molecule has 0 saturated carbocycles. The molecule has 0 bridgehead atoms. The highest BCUT2D eigenvalue weighted by molar-refractivity contribution is 9.10. The number of benzene rings is 2. The Morgan fingerprint density at radius 1 is 1.14 bits per heavy atom. The van der Waals surface area contributed by atoms with Crippen molar-refractivity contribution >= 4 is 42.6 Å². The summed E-state index contributed by atoms with van der Waals surface area (Å²) in [5.41, 5.74) is 0.480. The Morgan fingerprint density at radius 3 is 2.52 bits per heavy atom. The van der Waals surface area contributed by atoms with Crippen LogP contribution < -0.4 is 13.8 Å². The fourth-order valence-electron chi connectivity index (χ4n) is 2.49. The Balaban J connectivity index is 2.11. The molecule has 3 rings (SSSR count). The molecule has 0 spiro atoms. The van der Waals surface area contributed by atoms with Crippen LogP contribution in [0.5, 0.6) is 11.5 Å². The molecule has 154 valence electrons. The van der Waals surface area contributed by atoms with E-state index in [0.717, 1.165) is 21.9 Å². The molecule has 29 heavy (non-hydrogen) atoms. The molecule has 0 atom stereocenters. The first-order chi connectivity index (χ1) is 13.8. The van der Waals surface area contributed by atoms with Gasteiger partial charge in [-0.15, -0.1) is 0 Å². The van der Waals surface area contributed by atoms with Gasteiger partial charge in [0.1, 0.15) is 34.4 Å². The molecule has 2 aromatic carbocycles. The maximum Gasteiger partial charge on any atom is 0.269 e. The molecule has 0 aliphatic rings. The van der Waals surface area contributed by atoms with Crippen molar-refractivity contribution in [2.45, 2.75) is 11.4 Å². The molecule has 0 fully saturated rings. The monoisotopic (exact) mass is 505 g/mol. The van der Waals surface area contributed by atoms with Crippen molar-refractivity contribution in [3.8, 4) is 11.5 Å². The molecular weight excluding hydrogens is 492 g/mol. The van der Waals surface area contributed by atoms with E-state index in [4.69, 9.17) is 9.47 Å². The Labute approximate surface area is 178 Å². The third-order valence-electron chi connectivity index (χ3n) is 3.91. The number of rotatable bonds is 7. The van der Waals surface area contributed by atoms with Crippen molar-refractivity contribution in [2.75, 3.05) is 18.5 Å². The van der Waals surface area contributed by atoms with E-state index < -0.39 is 26.6 Å². The fourth-order valence-corrected chi connectivity index (χ4v) is 5.19. The smallest absolute Gasteiger partial charge is 0.269 e. The minimum Gasteiger partial charge on any atom is -0.497 e. The van der Waals surface area contributed by atoms with Crippen LogP contribution >= 0.6 is 27.5 Å². The topological polar surface area (TPSA) is 81.6 Å². The van der Waals surface area contributed by atoms with Crippen LogP contribution in [0.1, 0.15) is 5.56 Å². The molecule has 12 heteroatoms. The number of hydrogen-bond donors (Lipinski definition) is 0. The lowest BCUT2D eigenvalue weighted by Crippen LogP contribution is -2.31. The van der Waals surface area contributed by atoms with Crippen molar-refractivity contribution in [3.63, 3.8) is 0 Å². The summed E-state index contributed by atoms with van der Waals surface area (Å²) in [6.07, 6.45) is 1.19. The van der Waals surface area contributed by atoms with E-state index in [2.05, 4.69) is 25.3 Å². The standard InChI is InChI=1S/C17H14BrF2N3O4S2/c1-26-11-4-3-10(15(5-11)27-2)8-23(17-21-9-22-28-17)29(24,25)16-6-12(18)13(19)7-14(16)20/h3-7,9H,8H2,1-2H3. The molecule has 1 aromatic heterocycles. The second-order valence-corrected chi connectivity index (χ2v) is 9.05. The molecule has 0 amide bonds. The van der Waals surface area contributed by atoms with Gasteiger partial charge < -0.3 is 9.47 Å². The molecule has 0 saturated heterocycles. The van der Waals surface area contributed by atoms with Gasteiger partial charge in [-0.2, -0.15) is 4.37 Å². The predicted octanol–water partition coefficient (Wildman–Crippen LogP) is 3.99. The number of sulfonamides is 1. The normalized spacial score (nSPS) is 11.3. The van der Waals surface area contributed by atoms with Gasteiger partial charge in [0.05, 0.1) is 25.2 Å². The lowest BCUT2D eigenvalue weighted by molar-refractivity contribution is 0.391. The summed E-state index contributed by atoms with van der Waals surface area (Å²) in [5.74, 6) is -1.25. The molecule has 0 unspecified atom stereocenters. The molecule has 7 nitrogen and oxygen atoms in total. The highest BCUT2D eigenvalue weighted by Crippen LogP contribution is 2.33. The van der Waals surface area contributed by atoms with Gasteiger partial charge in [0.15, 0.2) is 0 Å². The van der Waals surface area contributed by atoms with Gasteiger partial charge in [0.2, 0.25) is 5.13 Å². The van der Waals surface area contributed by atoms with Crippen LogP contribution in [-0.4, -0.2) is 32.0 Å². The zero-order chi connectivity index (χ0) is 21.2. The molecule has 0 radical (unpaired) electrons. The molecule has 3 aromatic rings. The van der Waals surface area contributed by atoms with Crippen LogP contribution in [0.4, 0.5) is 13.9 Å². The molecular formula is C17H14BrF2N3O4S2. The lowest BCUT2D eigenvalue weighted by Gasteiger charge is -2.23. The second-order valence-electron chi connectivity index (χ2n) is 5.61. The molecule has 0 aliphatic heterocycles. The summed E-state index contributed by atoms with van der Waals surface area (Å²) < 4.78 is 69.5. The Hall–Kier alpha value is -2.31. The number of halogens is 3. The number of ether oxygens (including phenoxy) is 2. The van der Waals surface area contributed by atoms with E-state index in [1.165, 1.54) is 20.5 Å². The maximum atomic E-state index is 14.4. The number of anilines is 1. The van der Waals surface area contributed by atoms with E-state index in [1.54, 1.807) is 18.2 Å². The van der Waals surface area contributed by atoms with Crippen LogP contribution in [0, 0.1) is 11.6 Å². The summed E-state index contributed by atoms with van der Waals surface area (Å²) in [4.78, 5) is 3.24. The van der Waals surface area contributed by atoms with Gasteiger partial charge in [-0.1, -0.05) is 0 Å². The average molecular weight is 506 g/mol. The molecule has 0 N–H and O–H groups in total. The van der Waals surface area contributed by atoms with E-state index in [-0.39, 0.29) is 16.1 Å². The largest absolute Gasteiger partial charge is 0.497 e. The molecule has 0 aliphatic carbocycles. The summed E-state index contributed by atoms with van der Waals surface area (Å²) in [6, 6.07) is 6.23. The van der Waals surface area contributed by atoms with Gasteiger partial charge in [-0.3, -0.25) is 0 Å². The van der Waals surface area contributed by atoms with Crippen molar-refractivity contribution in [2.24, 2.45) is 0 Å². The quantitative estimate of drug-likeness (QED) is 0.451. The third kappa shape index (κ3) is 4.33. The number of hydrogen-bond acceptors (Lipinski definition) is 7. The van der Waals surface area contributed by atoms with Gasteiger partial charge >= 0.3 is 0 Å². The van der Waals surface area contributed by atoms with E-state index >= 15 is 0 Å². The van der Waals surface area contributed by atoms with Crippen LogP contribution in [0.3, 0.4) is 0 Å². The first-order valence-corrected chi connectivity index (χ1v) is 10.9.